The maximum Gasteiger partial charge on any atom is 0.262 e. The normalized spacial score (nSPS) is 16.6. The minimum absolute atomic E-state index is 0.242. The molecule has 0 fully saturated rings. The lowest BCUT2D eigenvalue weighted by Gasteiger charge is -2.27. The first-order valence-corrected chi connectivity index (χ1v) is 12.0. The predicted octanol–water partition coefficient (Wildman–Crippen LogP) is 4.65. The Morgan fingerprint density at radius 2 is 1.47 bits per heavy atom. The average molecular weight is 453 g/mol. The van der Waals surface area contributed by atoms with Crippen molar-refractivity contribution < 1.29 is 14.4 Å². The van der Waals surface area contributed by atoms with Gasteiger partial charge in [0.25, 0.3) is 11.8 Å². The Balaban J connectivity index is 1.42. The number of carbonyl (C=O) groups excluding carboxylic acids is 3. The van der Waals surface area contributed by atoms with Crippen molar-refractivity contribution in [1.82, 2.24) is 10.2 Å². The van der Waals surface area contributed by atoms with Gasteiger partial charge < -0.3 is 5.32 Å². The van der Waals surface area contributed by atoms with Gasteiger partial charge >= 0.3 is 0 Å². The van der Waals surface area contributed by atoms with Crippen LogP contribution in [0.4, 0.5) is 0 Å². The lowest BCUT2D eigenvalue weighted by molar-refractivity contribution is -0.125. The summed E-state index contributed by atoms with van der Waals surface area (Å²) in [6, 6.07) is 21.5. The van der Waals surface area contributed by atoms with Gasteiger partial charge in [-0.1, -0.05) is 60.7 Å². The van der Waals surface area contributed by atoms with Crippen LogP contribution in [0.5, 0.6) is 0 Å². The molecule has 172 valence electrons. The molecule has 5 heteroatoms. The quantitative estimate of drug-likeness (QED) is 0.554. The highest BCUT2D eigenvalue weighted by Gasteiger charge is 2.42. The third-order valence-electron chi connectivity index (χ3n) is 6.94. The molecule has 1 N–H and O–H groups in total. The molecule has 3 amide bonds. The van der Waals surface area contributed by atoms with E-state index in [1.54, 1.807) is 24.3 Å². The number of carbonyl (C=O) groups is 3. The SMILES string of the molecule is C[C@H](NC(=O)[C@@H](Cc1ccccc1)N1C(=O)c2ccccc2C1=O)c1ccc2c(c1)CCCC2. The summed E-state index contributed by atoms with van der Waals surface area (Å²) in [7, 11) is 0. The number of amides is 3. The van der Waals surface area contributed by atoms with Crippen LogP contribution in [0.1, 0.15) is 68.8 Å². The van der Waals surface area contributed by atoms with Crippen molar-refractivity contribution >= 4 is 17.7 Å². The molecule has 3 aromatic rings. The number of hydrogen-bond donors (Lipinski definition) is 1. The fraction of sp³-hybridized carbons (Fsp3) is 0.276. The van der Waals surface area contributed by atoms with E-state index in [0.717, 1.165) is 28.9 Å². The fourth-order valence-electron chi connectivity index (χ4n) is 5.05. The van der Waals surface area contributed by atoms with Crippen LogP contribution in [0.3, 0.4) is 0 Å². The molecule has 3 aromatic carbocycles. The Hall–Kier alpha value is -3.73. The second-order valence-electron chi connectivity index (χ2n) is 9.20. The largest absolute Gasteiger partial charge is 0.348 e. The van der Waals surface area contributed by atoms with Crippen molar-refractivity contribution in [3.63, 3.8) is 0 Å². The second kappa shape index (κ2) is 9.26. The Bertz CT molecular complexity index is 1220. The number of hydrogen-bond acceptors (Lipinski definition) is 3. The monoisotopic (exact) mass is 452 g/mol. The summed E-state index contributed by atoms with van der Waals surface area (Å²) in [5.41, 5.74) is 5.37. The number of nitrogens with zero attached hydrogens (tertiary/aromatic N) is 1. The van der Waals surface area contributed by atoms with Gasteiger partial charge in [0, 0.05) is 6.42 Å². The molecule has 2 atom stereocenters. The van der Waals surface area contributed by atoms with Crippen LogP contribution < -0.4 is 5.32 Å². The maximum absolute atomic E-state index is 13.6. The third-order valence-corrected chi connectivity index (χ3v) is 6.94. The van der Waals surface area contributed by atoms with E-state index in [9.17, 15) is 14.4 Å². The summed E-state index contributed by atoms with van der Waals surface area (Å²) < 4.78 is 0. The van der Waals surface area contributed by atoms with Gasteiger partial charge in [-0.05, 0) is 67.0 Å². The van der Waals surface area contributed by atoms with Gasteiger partial charge in [0.15, 0.2) is 0 Å². The van der Waals surface area contributed by atoms with E-state index in [1.807, 2.05) is 37.3 Å². The van der Waals surface area contributed by atoms with Crippen LogP contribution in [-0.2, 0) is 24.1 Å². The van der Waals surface area contributed by atoms with E-state index < -0.39 is 17.9 Å². The molecule has 1 aliphatic heterocycles. The first-order chi connectivity index (χ1) is 16.5. The number of rotatable bonds is 6. The van der Waals surface area contributed by atoms with Crippen molar-refractivity contribution in [1.29, 1.82) is 0 Å². The van der Waals surface area contributed by atoms with Crippen molar-refractivity contribution in [3.8, 4) is 0 Å². The van der Waals surface area contributed by atoms with Gasteiger partial charge in [0.2, 0.25) is 5.91 Å². The highest BCUT2D eigenvalue weighted by molar-refractivity contribution is 6.22. The second-order valence-corrected chi connectivity index (χ2v) is 9.20. The average Bonchev–Trinajstić information content (AvgIpc) is 3.12. The number of imide groups is 1. The summed E-state index contributed by atoms with van der Waals surface area (Å²) in [5.74, 6) is -1.17. The lowest BCUT2D eigenvalue weighted by Crippen LogP contribution is -2.51. The number of nitrogens with one attached hydrogen (secondary N) is 1. The lowest BCUT2D eigenvalue weighted by atomic mass is 9.89. The summed E-state index contributed by atoms with van der Waals surface area (Å²) in [6.07, 6.45) is 4.84. The molecule has 0 bridgehead atoms. The van der Waals surface area contributed by atoms with E-state index in [2.05, 4.69) is 23.5 Å². The minimum Gasteiger partial charge on any atom is -0.348 e. The van der Waals surface area contributed by atoms with Crippen LogP contribution in [0.2, 0.25) is 0 Å². The molecular formula is C29H28N2O3. The molecule has 0 radical (unpaired) electrons. The molecule has 1 aliphatic carbocycles. The Labute approximate surface area is 199 Å². The molecule has 0 aromatic heterocycles. The zero-order valence-electron chi connectivity index (χ0n) is 19.3. The number of benzene rings is 3. The smallest absolute Gasteiger partial charge is 0.262 e. The molecular weight excluding hydrogens is 424 g/mol. The highest BCUT2D eigenvalue weighted by Crippen LogP contribution is 2.28. The van der Waals surface area contributed by atoms with Crippen molar-refractivity contribution in [2.24, 2.45) is 0 Å². The van der Waals surface area contributed by atoms with Crippen molar-refractivity contribution in [2.45, 2.75) is 51.1 Å². The first kappa shape index (κ1) is 22.1. The topological polar surface area (TPSA) is 66.5 Å². The zero-order chi connectivity index (χ0) is 23.7. The van der Waals surface area contributed by atoms with Crippen molar-refractivity contribution in [3.05, 3.63) is 106 Å². The van der Waals surface area contributed by atoms with E-state index in [1.165, 1.54) is 24.0 Å². The predicted molar refractivity (Wildman–Crippen MR) is 131 cm³/mol. The van der Waals surface area contributed by atoms with E-state index >= 15 is 0 Å². The molecule has 34 heavy (non-hydrogen) atoms. The highest BCUT2D eigenvalue weighted by atomic mass is 16.2. The molecule has 0 saturated heterocycles. The summed E-state index contributed by atoms with van der Waals surface area (Å²) in [4.78, 5) is 41.1. The minimum atomic E-state index is -0.935. The van der Waals surface area contributed by atoms with Gasteiger partial charge in [-0.3, -0.25) is 19.3 Å². The first-order valence-electron chi connectivity index (χ1n) is 12.0. The van der Waals surface area contributed by atoms with Gasteiger partial charge in [0.1, 0.15) is 6.04 Å². The number of fused-ring (bicyclic) bond motifs is 2. The van der Waals surface area contributed by atoms with Crippen LogP contribution >= 0.6 is 0 Å². The fourth-order valence-corrected chi connectivity index (χ4v) is 5.05. The molecule has 5 rings (SSSR count). The molecule has 0 spiro atoms. The zero-order valence-corrected chi connectivity index (χ0v) is 19.3. The van der Waals surface area contributed by atoms with Crippen molar-refractivity contribution in [2.75, 3.05) is 0 Å². The number of aryl methyl sites for hydroxylation is 2. The standard InChI is InChI=1S/C29H28N2O3/c1-19(22-16-15-21-11-5-6-12-23(21)18-22)30-27(32)26(17-20-9-3-2-4-10-20)31-28(33)24-13-7-8-14-25(24)29(31)34/h2-4,7-10,13-16,18-19,26H,5-6,11-12,17H2,1H3,(H,30,32)/t19-,26+/m0/s1. The summed E-state index contributed by atoms with van der Waals surface area (Å²) in [5, 5.41) is 3.08. The van der Waals surface area contributed by atoms with E-state index in [-0.39, 0.29) is 18.4 Å². The third kappa shape index (κ3) is 4.14. The molecule has 2 aliphatic rings. The van der Waals surface area contributed by atoms with Crippen LogP contribution in [0.25, 0.3) is 0 Å². The maximum atomic E-state index is 13.6. The van der Waals surface area contributed by atoms with E-state index in [4.69, 9.17) is 0 Å². The van der Waals surface area contributed by atoms with Crippen LogP contribution in [0, 0.1) is 0 Å². The van der Waals surface area contributed by atoms with Gasteiger partial charge in [-0.25, -0.2) is 0 Å². The van der Waals surface area contributed by atoms with Gasteiger partial charge in [0.05, 0.1) is 17.2 Å². The molecule has 0 saturated carbocycles. The van der Waals surface area contributed by atoms with Gasteiger partial charge in [-0.15, -0.1) is 0 Å². The van der Waals surface area contributed by atoms with E-state index in [0.29, 0.717) is 11.1 Å². The Kier molecular flexibility index (Phi) is 6.01. The molecule has 5 nitrogen and oxygen atoms in total. The summed E-state index contributed by atoms with van der Waals surface area (Å²) in [6.45, 7) is 1.95. The Morgan fingerprint density at radius 3 is 2.15 bits per heavy atom. The molecule has 0 unspecified atom stereocenters. The van der Waals surface area contributed by atoms with Crippen LogP contribution in [-0.4, -0.2) is 28.7 Å². The summed E-state index contributed by atoms with van der Waals surface area (Å²) >= 11 is 0. The van der Waals surface area contributed by atoms with Crippen LogP contribution in [0.15, 0.2) is 72.8 Å². The van der Waals surface area contributed by atoms with Gasteiger partial charge in [-0.2, -0.15) is 0 Å². The molecule has 1 heterocycles. The Morgan fingerprint density at radius 1 is 0.853 bits per heavy atom.